The average Bonchev–Trinajstić information content (AvgIpc) is 2.68. The molecule has 0 radical (unpaired) electrons. The van der Waals surface area contributed by atoms with E-state index in [1.807, 2.05) is 6.07 Å². The first-order valence-electron chi connectivity index (χ1n) is 8.16. The van der Waals surface area contributed by atoms with Gasteiger partial charge in [-0.3, -0.25) is 14.4 Å². The van der Waals surface area contributed by atoms with Crippen molar-refractivity contribution in [1.29, 1.82) is 0 Å². The highest BCUT2D eigenvalue weighted by Crippen LogP contribution is 2.37. The molecule has 0 spiro atoms. The van der Waals surface area contributed by atoms with Gasteiger partial charge in [0.1, 0.15) is 0 Å². The van der Waals surface area contributed by atoms with E-state index in [0.29, 0.717) is 15.7 Å². The number of benzene rings is 3. The number of carbonyl (C=O) groups excluding carboxylic acids is 3. The van der Waals surface area contributed by atoms with Crippen LogP contribution in [0.3, 0.4) is 0 Å². The quantitative estimate of drug-likeness (QED) is 0.478. The Kier molecular flexibility index (Phi) is 4.12. The number of fused-ring (bicyclic) bond motifs is 2. The summed E-state index contributed by atoms with van der Waals surface area (Å²) in [5.41, 5.74) is 7.77. The minimum atomic E-state index is -0.457. The Bertz CT molecular complexity index is 1120. The summed E-state index contributed by atoms with van der Waals surface area (Å²) >= 11 is 3.33. The van der Waals surface area contributed by atoms with Crippen LogP contribution in [0, 0.1) is 0 Å². The first kappa shape index (κ1) is 17.2. The number of amides is 1. The molecule has 1 aliphatic carbocycles. The normalized spacial score (nSPS) is 12.3. The Balaban J connectivity index is 1.84. The number of anilines is 2. The molecule has 3 aromatic rings. The monoisotopic (exact) mass is 420 g/mol. The molecule has 0 aliphatic heterocycles. The first-order chi connectivity index (χ1) is 13.0. The van der Waals surface area contributed by atoms with Crippen LogP contribution in [-0.4, -0.2) is 17.5 Å². The van der Waals surface area contributed by atoms with E-state index in [0.717, 1.165) is 0 Å². The molecular formula is C21H13BrN2O3. The molecule has 132 valence electrons. The molecule has 0 bridgehead atoms. The van der Waals surface area contributed by atoms with Crippen molar-refractivity contribution in [3.8, 4) is 0 Å². The maximum atomic E-state index is 13.0. The molecule has 5 nitrogen and oxygen atoms in total. The van der Waals surface area contributed by atoms with Gasteiger partial charge in [-0.15, -0.1) is 0 Å². The minimum Gasteiger partial charge on any atom is -0.397 e. The van der Waals surface area contributed by atoms with Gasteiger partial charge in [0.25, 0.3) is 5.91 Å². The third-order valence-corrected chi connectivity index (χ3v) is 5.09. The Morgan fingerprint density at radius 1 is 0.852 bits per heavy atom. The predicted octanol–water partition coefficient (Wildman–Crippen LogP) is 4.06. The molecule has 0 saturated heterocycles. The molecule has 1 aliphatic rings. The van der Waals surface area contributed by atoms with E-state index in [9.17, 15) is 14.4 Å². The van der Waals surface area contributed by atoms with E-state index in [1.165, 1.54) is 6.07 Å². The number of halogens is 1. The number of rotatable bonds is 2. The third-order valence-electron chi connectivity index (χ3n) is 4.47. The van der Waals surface area contributed by atoms with Crippen molar-refractivity contribution in [2.75, 3.05) is 11.1 Å². The highest BCUT2D eigenvalue weighted by atomic mass is 79.9. The van der Waals surface area contributed by atoms with Gasteiger partial charge in [-0.05, 0) is 34.1 Å². The summed E-state index contributed by atoms with van der Waals surface area (Å²) in [5.74, 6) is -1.12. The molecular weight excluding hydrogens is 408 g/mol. The number of hydrogen-bond acceptors (Lipinski definition) is 4. The van der Waals surface area contributed by atoms with Gasteiger partial charge in [0.05, 0.1) is 22.4 Å². The molecule has 0 atom stereocenters. The van der Waals surface area contributed by atoms with Crippen LogP contribution in [-0.2, 0) is 0 Å². The Morgan fingerprint density at radius 2 is 1.41 bits per heavy atom. The largest absolute Gasteiger partial charge is 0.397 e. The SMILES string of the molecule is Nc1c(C(=O)Nc2ccccc2)cc(Br)c2c1C(=O)c1ccccc1C2=O. The van der Waals surface area contributed by atoms with Gasteiger partial charge in [-0.2, -0.15) is 0 Å². The van der Waals surface area contributed by atoms with Gasteiger partial charge in [-0.25, -0.2) is 0 Å². The van der Waals surface area contributed by atoms with Gasteiger partial charge < -0.3 is 11.1 Å². The summed E-state index contributed by atoms with van der Waals surface area (Å²) < 4.78 is 0.359. The zero-order valence-electron chi connectivity index (χ0n) is 14.0. The Labute approximate surface area is 163 Å². The maximum Gasteiger partial charge on any atom is 0.257 e. The number of nitrogens with one attached hydrogen (secondary N) is 1. The van der Waals surface area contributed by atoms with Crippen molar-refractivity contribution < 1.29 is 14.4 Å². The van der Waals surface area contributed by atoms with Crippen LogP contribution in [0.15, 0.2) is 65.1 Å². The van der Waals surface area contributed by atoms with Crippen LogP contribution in [0.1, 0.15) is 42.2 Å². The van der Waals surface area contributed by atoms with Crippen molar-refractivity contribution in [1.82, 2.24) is 0 Å². The van der Waals surface area contributed by atoms with Crippen LogP contribution in [0.4, 0.5) is 11.4 Å². The molecule has 3 aromatic carbocycles. The second kappa shape index (κ2) is 6.48. The molecule has 27 heavy (non-hydrogen) atoms. The zero-order valence-corrected chi connectivity index (χ0v) is 15.5. The highest BCUT2D eigenvalue weighted by molar-refractivity contribution is 9.10. The summed E-state index contributed by atoms with van der Waals surface area (Å²) in [6.45, 7) is 0. The topological polar surface area (TPSA) is 89.3 Å². The lowest BCUT2D eigenvalue weighted by Gasteiger charge is -2.21. The van der Waals surface area contributed by atoms with Gasteiger partial charge in [0, 0.05) is 21.3 Å². The van der Waals surface area contributed by atoms with Crippen LogP contribution >= 0.6 is 15.9 Å². The van der Waals surface area contributed by atoms with Crippen molar-refractivity contribution in [3.05, 3.63) is 93.0 Å². The number of para-hydroxylation sites is 1. The fourth-order valence-corrected chi connectivity index (χ4v) is 3.79. The highest BCUT2D eigenvalue weighted by Gasteiger charge is 2.34. The Morgan fingerprint density at radius 3 is 2.04 bits per heavy atom. The molecule has 6 heteroatoms. The van der Waals surface area contributed by atoms with E-state index in [-0.39, 0.29) is 39.5 Å². The molecule has 1 amide bonds. The van der Waals surface area contributed by atoms with E-state index in [2.05, 4.69) is 21.2 Å². The average molecular weight is 421 g/mol. The van der Waals surface area contributed by atoms with Crippen molar-refractivity contribution in [2.24, 2.45) is 0 Å². The molecule has 0 heterocycles. The van der Waals surface area contributed by atoms with Crippen LogP contribution in [0.25, 0.3) is 0 Å². The number of nitrogen functional groups attached to an aromatic ring is 1. The smallest absolute Gasteiger partial charge is 0.257 e. The maximum absolute atomic E-state index is 13.0. The standard InChI is InChI=1S/C21H13BrN2O3/c22-15-10-14(21(27)24-11-6-2-1-3-7-11)18(23)17-16(15)19(25)12-8-4-5-9-13(12)20(17)26/h1-10H,23H2,(H,24,27). The lowest BCUT2D eigenvalue weighted by atomic mass is 9.82. The minimum absolute atomic E-state index is 0.00511. The summed E-state index contributed by atoms with van der Waals surface area (Å²) in [5, 5.41) is 2.74. The van der Waals surface area contributed by atoms with Gasteiger partial charge in [0.15, 0.2) is 11.6 Å². The summed E-state index contributed by atoms with van der Waals surface area (Å²) in [7, 11) is 0. The second-order valence-electron chi connectivity index (χ2n) is 6.09. The summed E-state index contributed by atoms with van der Waals surface area (Å²) in [4.78, 5) is 38.5. The van der Waals surface area contributed by atoms with E-state index >= 15 is 0 Å². The lowest BCUT2D eigenvalue weighted by molar-refractivity contribution is 0.0978. The molecule has 0 aromatic heterocycles. The fourth-order valence-electron chi connectivity index (χ4n) is 3.18. The molecule has 0 unspecified atom stereocenters. The van der Waals surface area contributed by atoms with Gasteiger partial charge in [-0.1, -0.05) is 42.5 Å². The van der Waals surface area contributed by atoms with Gasteiger partial charge >= 0.3 is 0 Å². The predicted molar refractivity (Wildman–Crippen MR) is 106 cm³/mol. The number of carbonyl (C=O) groups is 3. The molecule has 4 rings (SSSR count). The first-order valence-corrected chi connectivity index (χ1v) is 8.95. The van der Waals surface area contributed by atoms with Gasteiger partial charge in [0.2, 0.25) is 0 Å². The van der Waals surface area contributed by atoms with Crippen molar-refractivity contribution >= 4 is 44.8 Å². The van der Waals surface area contributed by atoms with Crippen molar-refractivity contribution in [3.63, 3.8) is 0 Å². The Hall–Kier alpha value is -3.25. The van der Waals surface area contributed by atoms with Crippen LogP contribution in [0.2, 0.25) is 0 Å². The molecule has 0 fully saturated rings. The van der Waals surface area contributed by atoms with E-state index in [4.69, 9.17) is 5.73 Å². The van der Waals surface area contributed by atoms with Crippen LogP contribution < -0.4 is 11.1 Å². The van der Waals surface area contributed by atoms with Crippen LogP contribution in [0.5, 0.6) is 0 Å². The van der Waals surface area contributed by atoms with E-state index < -0.39 is 5.91 Å². The number of ketones is 2. The van der Waals surface area contributed by atoms with Crippen molar-refractivity contribution in [2.45, 2.75) is 0 Å². The molecule has 3 N–H and O–H groups in total. The summed E-state index contributed by atoms with van der Waals surface area (Å²) in [6, 6.07) is 17.0. The lowest BCUT2D eigenvalue weighted by Crippen LogP contribution is -2.25. The number of nitrogens with two attached hydrogens (primary N) is 1. The molecule has 0 saturated carbocycles. The third kappa shape index (κ3) is 2.74. The number of hydrogen-bond donors (Lipinski definition) is 2. The van der Waals surface area contributed by atoms with E-state index in [1.54, 1.807) is 48.5 Å². The zero-order chi connectivity index (χ0) is 19.1. The summed E-state index contributed by atoms with van der Waals surface area (Å²) in [6.07, 6.45) is 0. The second-order valence-corrected chi connectivity index (χ2v) is 6.95. The fraction of sp³-hybridized carbons (Fsp3) is 0.